The van der Waals surface area contributed by atoms with Crippen molar-refractivity contribution < 1.29 is 32.3 Å². The largest absolute Gasteiger partial charge is 0.467 e. The normalized spacial score (nSPS) is 11.9. The molecule has 0 aromatic heterocycles. The van der Waals surface area contributed by atoms with Gasteiger partial charge in [0.2, 0.25) is 0 Å². The highest BCUT2D eigenvalue weighted by Crippen LogP contribution is 2.18. The smallest absolute Gasteiger partial charge is 0.339 e. The van der Waals surface area contributed by atoms with E-state index in [0.717, 1.165) is 5.56 Å². The fourth-order valence-corrected chi connectivity index (χ4v) is 3.78. The Morgan fingerprint density at radius 3 is 2.27 bits per heavy atom. The molecule has 0 aliphatic rings. The second-order valence-corrected chi connectivity index (χ2v) is 8.56. The third kappa shape index (κ3) is 6.15. The van der Waals surface area contributed by atoms with Crippen LogP contribution in [0.15, 0.2) is 59.5 Å². The fraction of sp³-hybridized carbons (Fsp3) is 0.286. The number of sulfone groups is 1. The number of hydrogen-bond donors (Lipinski definition) is 1. The highest BCUT2D eigenvalue weighted by atomic mass is 32.2. The Kier molecular flexibility index (Phi) is 8.11. The SMILES string of the molecule is CCS(=O)(=O)c1ccccc1C(=O)OCC(=O)N[C@@H](Cc1ccccc1)C(=O)OC. The van der Waals surface area contributed by atoms with Crippen molar-refractivity contribution >= 4 is 27.7 Å². The summed E-state index contributed by atoms with van der Waals surface area (Å²) in [7, 11) is -2.44. The number of carbonyl (C=O) groups excluding carboxylic acids is 3. The predicted molar refractivity (Wildman–Crippen MR) is 109 cm³/mol. The summed E-state index contributed by atoms with van der Waals surface area (Å²) in [6.07, 6.45) is 0.199. The lowest BCUT2D eigenvalue weighted by atomic mass is 10.1. The fourth-order valence-electron chi connectivity index (χ4n) is 2.69. The van der Waals surface area contributed by atoms with E-state index in [-0.39, 0.29) is 22.6 Å². The van der Waals surface area contributed by atoms with E-state index < -0.39 is 40.3 Å². The van der Waals surface area contributed by atoms with E-state index in [1.54, 1.807) is 24.3 Å². The average Bonchev–Trinajstić information content (AvgIpc) is 2.77. The van der Waals surface area contributed by atoms with Crippen LogP contribution in [-0.2, 0) is 35.3 Å². The Morgan fingerprint density at radius 1 is 1.00 bits per heavy atom. The van der Waals surface area contributed by atoms with Gasteiger partial charge in [-0.05, 0) is 17.7 Å². The Balaban J connectivity index is 2.04. The third-order valence-corrected chi connectivity index (χ3v) is 6.05. The lowest BCUT2D eigenvalue weighted by Crippen LogP contribution is -2.44. The van der Waals surface area contributed by atoms with Crippen molar-refractivity contribution in [2.24, 2.45) is 0 Å². The van der Waals surface area contributed by atoms with Crippen LogP contribution in [0, 0.1) is 0 Å². The maximum atomic E-state index is 12.3. The molecule has 0 aliphatic carbocycles. The van der Waals surface area contributed by atoms with E-state index in [9.17, 15) is 22.8 Å². The van der Waals surface area contributed by atoms with E-state index in [0.29, 0.717) is 0 Å². The first-order valence-electron chi connectivity index (χ1n) is 9.18. The van der Waals surface area contributed by atoms with Crippen LogP contribution in [0.5, 0.6) is 0 Å². The van der Waals surface area contributed by atoms with Gasteiger partial charge in [-0.25, -0.2) is 18.0 Å². The minimum Gasteiger partial charge on any atom is -0.467 e. The first kappa shape index (κ1) is 23.1. The van der Waals surface area contributed by atoms with E-state index in [1.807, 2.05) is 6.07 Å². The number of nitrogens with one attached hydrogen (secondary N) is 1. The highest BCUT2D eigenvalue weighted by molar-refractivity contribution is 7.91. The number of benzene rings is 2. The molecule has 30 heavy (non-hydrogen) atoms. The highest BCUT2D eigenvalue weighted by Gasteiger charge is 2.24. The number of amides is 1. The first-order chi connectivity index (χ1) is 14.3. The van der Waals surface area contributed by atoms with Gasteiger partial charge in [0.1, 0.15) is 6.04 Å². The van der Waals surface area contributed by atoms with Crippen LogP contribution in [0.4, 0.5) is 0 Å². The van der Waals surface area contributed by atoms with Crippen molar-refractivity contribution in [1.29, 1.82) is 0 Å². The molecule has 1 amide bonds. The summed E-state index contributed by atoms with van der Waals surface area (Å²) in [6.45, 7) is 0.784. The van der Waals surface area contributed by atoms with Crippen LogP contribution in [0.25, 0.3) is 0 Å². The molecule has 0 aliphatic heterocycles. The van der Waals surface area contributed by atoms with Gasteiger partial charge in [0, 0.05) is 6.42 Å². The van der Waals surface area contributed by atoms with Crippen molar-refractivity contribution in [3.05, 3.63) is 65.7 Å². The Morgan fingerprint density at radius 2 is 1.63 bits per heavy atom. The van der Waals surface area contributed by atoms with Gasteiger partial charge in [0.15, 0.2) is 16.4 Å². The molecule has 160 valence electrons. The molecule has 0 bridgehead atoms. The molecule has 0 unspecified atom stereocenters. The first-order valence-corrected chi connectivity index (χ1v) is 10.8. The molecule has 0 saturated heterocycles. The number of esters is 2. The van der Waals surface area contributed by atoms with Gasteiger partial charge < -0.3 is 14.8 Å². The predicted octanol–water partition coefficient (Wildman–Crippen LogP) is 1.54. The molecule has 0 heterocycles. The summed E-state index contributed by atoms with van der Waals surface area (Å²) < 4.78 is 34.0. The van der Waals surface area contributed by atoms with Crippen LogP contribution in [-0.4, -0.2) is 51.8 Å². The monoisotopic (exact) mass is 433 g/mol. The molecule has 0 saturated carbocycles. The van der Waals surface area contributed by atoms with Crippen molar-refractivity contribution in [3.63, 3.8) is 0 Å². The lowest BCUT2D eigenvalue weighted by molar-refractivity contribution is -0.145. The van der Waals surface area contributed by atoms with Crippen molar-refractivity contribution in [1.82, 2.24) is 5.32 Å². The number of ether oxygens (including phenoxy) is 2. The van der Waals surface area contributed by atoms with E-state index in [1.165, 1.54) is 38.3 Å². The Hall–Kier alpha value is -3.20. The number of carbonyl (C=O) groups is 3. The molecular formula is C21H23NO7S. The van der Waals surface area contributed by atoms with Crippen LogP contribution < -0.4 is 5.32 Å². The molecule has 8 nitrogen and oxygen atoms in total. The van der Waals surface area contributed by atoms with Gasteiger partial charge in [-0.3, -0.25) is 4.79 Å². The molecule has 2 aromatic carbocycles. The summed E-state index contributed by atoms with van der Waals surface area (Å²) in [5.74, 6) is -2.49. The molecule has 2 rings (SSSR count). The van der Waals surface area contributed by atoms with Crippen LogP contribution in [0.3, 0.4) is 0 Å². The minimum absolute atomic E-state index is 0.152. The summed E-state index contributed by atoms with van der Waals surface area (Å²) in [5.41, 5.74) is 0.657. The molecule has 9 heteroatoms. The molecule has 2 aromatic rings. The van der Waals surface area contributed by atoms with Crippen LogP contribution in [0.1, 0.15) is 22.8 Å². The van der Waals surface area contributed by atoms with Gasteiger partial charge in [0.25, 0.3) is 5.91 Å². The minimum atomic E-state index is -3.64. The third-order valence-electron chi connectivity index (χ3n) is 4.26. The molecule has 0 spiro atoms. The quantitative estimate of drug-likeness (QED) is 0.596. The van der Waals surface area contributed by atoms with Gasteiger partial charge in [0.05, 0.1) is 23.3 Å². The van der Waals surface area contributed by atoms with Gasteiger partial charge in [-0.1, -0.05) is 49.4 Å². The second-order valence-electron chi connectivity index (χ2n) is 6.31. The topological polar surface area (TPSA) is 116 Å². The summed E-state index contributed by atoms with van der Waals surface area (Å²) in [4.78, 5) is 36.4. The van der Waals surface area contributed by atoms with E-state index >= 15 is 0 Å². The van der Waals surface area contributed by atoms with E-state index in [2.05, 4.69) is 5.32 Å². The molecular weight excluding hydrogens is 410 g/mol. The Bertz CT molecular complexity index is 1000. The molecule has 0 radical (unpaired) electrons. The zero-order valence-corrected chi connectivity index (χ0v) is 17.5. The summed E-state index contributed by atoms with van der Waals surface area (Å²) in [5, 5.41) is 2.47. The van der Waals surface area contributed by atoms with Crippen molar-refractivity contribution in [2.75, 3.05) is 19.5 Å². The average molecular weight is 433 g/mol. The van der Waals surface area contributed by atoms with E-state index in [4.69, 9.17) is 9.47 Å². The summed E-state index contributed by atoms with van der Waals surface area (Å²) in [6, 6.07) is 13.7. The Labute approximate surface area is 175 Å². The lowest BCUT2D eigenvalue weighted by Gasteiger charge is -2.17. The van der Waals surface area contributed by atoms with Crippen molar-refractivity contribution in [3.8, 4) is 0 Å². The second kappa shape index (κ2) is 10.5. The maximum Gasteiger partial charge on any atom is 0.339 e. The standard InChI is InChI=1S/C21H23NO7S/c1-3-30(26,27)18-12-8-7-11-16(18)20(24)29-14-19(23)22-17(21(25)28-2)13-15-9-5-4-6-10-15/h4-12,17H,3,13-14H2,1-2H3,(H,22,23)/t17-/m0/s1. The molecule has 1 N–H and O–H groups in total. The van der Waals surface area contributed by atoms with Gasteiger partial charge in [-0.15, -0.1) is 0 Å². The summed E-state index contributed by atoms with van der Waals surface area (Å²) >= 11 is 0. The molecule has 0 fully saturated rings. The number of hydrogen-bond acceptors (Lipinski definition) is 7. The van der Waals surface area contributed by atoms with Crippen LogP contribution >= 0.6 is 0 Å². The maximum absolute atomic E-state index is 12.3. The van der Waals surface area contributed by atoms with Gasteiger partial charge in [-0.2, -0.15) is 0 Å². The van der Waals surface area contributed by atoms with Crippen molar-refractivity contribution in [2.45, 2.75) is 24.3 Å². The van der Waals surface area contributed by atoms with Gasteiger partial charge >= 0.3 is 11.9 Å². The molecule has 1 atom stereocenters. The zero-order chi connectivity index (χ0) is 22.1. The zero-order valence-electron chi connectivity index (χ0n) is 16.7. The number of rotatable bonds is 9. The van der Waals surface area contributed by atoms with Crippen LogP contribution in [0.2, 0.25) is 0 Å². The number of methoxy groups -OCH3 is 1.